The Balaban J connectivity index is 2.70. The van der Waals surface area contributed by atoms with Gasteiger partial charge in [-0.15, -0.1) is 0 Å². The molecule has 0 aliphatic carbocycles. The largest absolute Gasteiger partial charge is 0.490 e. The number of benzene rings is 1. The average molecular weight is 308 g/mol. The van der Waals surface area contributed by atoms with E-state index in [4.69, 9.17) is 9.47 Å². The third-order valence-corrected chi connectivity index (χ3v) is 3.09. The van der Waals surface area contributed by atoms with Crippen molar-refractivity contribution in [2.24, 2.45) is 5.92 Å². The Hall–Kier alpha value is -1.75. The topological polar surface area (TPSA) is 50.8 Å². The van der Waals surface area contributed by atoms with E-state index in [2.05, 4.69) is 17.1 Å². The summed E-state index contributed by atoms with van der Waals surface area (Å²) in [6.07, 6.45) is 0. The molecule has 1 aromatic rings. The number of nitrogens with one attached hydrogen (secondary N) is 1. The van der Waals surface area contributed by atoms with Crippen molar-refractivity contribution < 1.29 is 14.3 Å². The highest BCUT2D eigenvalue weighted by molar-refractivity contribution is 5.94. The third-order valence-electron chi connectivity index (χ3n) is 3.09. The molecule has 1 rings (SSSR count). The molecule has 22 heavy (non-hydrogen) atoms. The van der Waals surface area contributed by atoms with E-state index in [1.807, 2.05) is 27.9 Å². The lowest BCUT2D eigenvalue weighted by atomic mass is 10.1. The normalized spacial score (nSPS) is 12.1. The van der Waals surface area contributed by atoms with E-state index in [0.29, 0.717) is 42.7 Å². The number of amides is 1. The Labute approximate surface area is 133 Å². The van der Waals surface area contributed by atoms with Crippen LogP contribution in [0.25, 0.3) is 0 Å². The van der Waals surface area contributed by atoms with Crippen LogP contribution < -0.4 is 14.8 Å². The van der Waals surface area contributed by atoms with Gasteiger partial charge in [-0.1, -0.05) is 6.92 Å². The lowest BCUT2D eigenvalue weighted by molar-refractivity contribution is 0.0945. The molecule has 1 amide bonds. The van der Waals surface area contributed by atoms with Crippen LogP contribution in [-0.2, 0) is 0 Å². The van der Waals surface area contributed by atoms with Crippen molar-refractivity contribution in [1.82, 2.24) is 10.2 Å². The van der Waals surface area contributed by atoms with Crippen molar-refractivity contribution in [3.8, 4) is 11.5 Å². The lowest BCUT2D eigenvalue weighted by Crippen LogP contribution is -2.32. The quantitative estimate of drug-likeness (QED) is 0.761. The van der Waals surface area contributed by atoms with E-state index in [0.717, 1.165) is 6.54 Å². The van der Waals surface area contributed by atoms with E-state index in [1.54, 1.807) is 18.2 Å². The zero-order valence-electron chi connectivity index (χ0n) is 14.3. The minimum atomic E-state index is -0.0883. The van der Waals surface area contributed by atoms with Crippen molar-refractivity contribution in [3.05, 3.63) is 23.8 Å². The molecule has 0 saturated carbocycles. The minimum Gasteiger partial charge on any atom is -0.490 e. The standard InChI is InChI=1S/C17H28N2O3/c1-6-21-15-9-8-14(10-16(15)22-7-2)17(20)18-11-13(3)12-19(4)5/h8-10,13H,6-7,11-12H2,1-5H3,(H,18,20)/t13-/m1/s1. The molecule has 0 aliphatic heterocycles. The van der Waals surface area contributed by atoms with Crippen LogP contribution in [0.15, 0.2) is 18.2 Å². The zero-order chi connectivity index (χ0) is 16.5. The van der Waals surface area contributed by atoms with Gasteiger partial charge in [0.2, 0.25) is 0 Å². The van der Waals surface area contributed by atoms with Gasteiger partial charge >= 0.3 is 0 Å². The first kappa shape index (κ1) is 18.3. The fourth-order valence-corrected chi connectivity index (χ4v) is 2.25. The van der Waals surface area contributed by atoms with Crippen molar-refractivity contribution in [3.63, 3.8) is 0 Å². The fourth-order valence-electron chi connectivity index (χ4n) is 2.25. The summed E-state index contributed by atoms with van der Waals surface area (Å²) >= 11 is 0. The molecule has 0 saturated heterocycles. The first-order chi connectivity index (χ1) is 10.5. The average Bonchev–Trinajstić information content (AvgIpc) is 2.46. The molecule has 0 heterocycles. The molecule has 124 valence electrons. The molecular weight excluding hydrogens is 280 g/mol. The van der Waals surface area contributed by atoms with Gasteiger partial charge < -0.3 is 19.7 Å². The monoisotopic (exact) mass is 308 g/mol. The number of carbonyl (C=O) groups is 1. The molecule has 1 N–H and O–H groups in total. The summed E-state index contributed by atoms with van der Waals surface area (Å²) in [6, 6.07) is 5.28. The maximum atomic E-state index is 12.2. The van der Waals surface area contributed by atoms with E-state index < -0.39 is 0 Å². The van der Waals surface area contributed by atoms with Gasteiger partial charge in [-0.25, -0.2) is 0 Å². The number of ether oxygens (including phenoxy) is 2. The van der Waals surface area contributed by atoms with Crippen molar-refractivity contribution in [1.29, 1.82) is 0 Å². The van der Waals surface area contributed by atoms with Gasteiger partial charge in [0.15, 0.2) is 11.5 Å². The molecular formula is C17H28N2O3. The summed E-state index contributed by atoms with van der Waals surface area (Å²) in [4.78, 5) is 14.4. The molecule has 0 bridgehead atoms. The van der Waals surface area contributed by atoms with Crippen LogP contribution in [0.4, 0.5) is 0 Å². The second-order valence-corrected chi connectivity index (χ2v) is 5.60. The van der Waals surface area contributed by atoms with Gasteiger partial charge in [0, 0.05) is 18.7 Å². The van der Waals surface area contributed by atoms with Crippen LogP contribution in [0, 0.1) is 5.92 Å². The van der Waals surface area contributed by atoms with Crippen LogP contribution in [0.3, 0.4) is 0 Å². The van der Waals surface area contributed by atoms with Gasteiger partial charge in [0.05, 0.1) is 13.2 Å². The van der Waals surface area contributed by atoms with E-state index in [9.17, 15) is 4.79 Å². The molecule has 0 fully saturated rings. The number of hydrogen-bond donors (Lipinski definition) is 1. The summed E-state index contributed by atoms with van der Waals surface area (Å²) in [5.74, 6) is 1.59. The second kappa shape index (κ2) is 9.30. The van der Waals surface area contributed by atoms with E-state index in [-0.39, 0.29) is 5.91 Å². The Morgan fingerprint density at radius 1 is 1.18 bits per heavy atom. The Kier molecular flexibility index (Phi) is 7.74. The zero-order valence-corrected chi connectivity index (χ0v) is 14.3. The number of nitrogens with zero attached hydrogens (tertiary/aromatic N) is 1. The summed E-state index contributed by atoms with van der Waals surface area (Å²) in [5.41, 5.74) is 0.587. The van der Waals surface area contributed by atoms with Crippen molar-refractivity contribution in [2.75, 3.05) is 40.4 Å². The van der Waals surface area contributed by atoms with Crippen LogP contribution >= 0.6 is 0 Å². The first-order valence-electron chi connectivity index (χ1n) is 7.80. The molecule has 0 aromatic heterocycles. The Morgan fingerprint density at radius 2 is 1.82 bits per heavy atom. The van der Waals surface area contributed by atoms with Crippen LogP contribution in [0.1, 0.15) is 31.1 Å². The van der Waals surface area contributed by atoms with E-state index in [1.165, 1.54) is 0 Å². The predicted octanol–water partition coefficient (Wildman–Crippen LogP) is 2.41. The van der Waals surface area contributed by atoms with Gasteiger partial charge in [0.25, 0.3) is 5.91 Å². The van der Waals surface area contributed by atoms with E-state index >= 15 is 0 Å². The van der Waals surface area contributed by atoms with Crippen molar-refractivity contribution >= 4 is 5.91 Å². The number of rotatable bonds is 9. The highest BCUT2D eigenvalue weighted by Crippen LogP contribution is 2.28. The minimum absolute atomic E-state index is 0.0883. The molecule has 5 heteroatoms. The number of carbonyl (C=O) groups excluding carboxylic acids is 1. The predicted molar refractivity (Wildman–Crippen MR) is 88.8 cm³/mol. The number of hydrogen-bond acceptors (Lipinski definition) is 4. The van der Waals surface area contributed by atoms with Gasteiger partial charge in [-0.3, -0.25) is 4.79 Å². The maximum absolute atomic E-state index is 12.2. The Bertz CT molecular complexity index is 475. The molecule has 5 nitrogen and oxygen atoms in total. The molecule has 0 unspecified atom stereocenters. The third kappa shape index (κ3) is 5.93. The summed E-state index contributed by atoms with van der Waals surface area (Å²) < 4.78 is 11.1. The SMILES string of the molecule is CCOc1ccc(C(=O)NC[C@@H](C)CN(C)C)cc1OCC. The van der Waals surface area contributed by atoms with Gasteiger partial charge in [-0.2, -0.15) is 0 Å². The van der Waals surface area contributed by atoms with Crippen LogP contribution in [0.2, 0.25) is 0 Å². The molecule has 0 aliphatic rings. The molecule has 0 spiro atoms. The Morgan fingerprint density at radius 3 is 2.41 bits per heavy atom. The van der Waals surface area contributed by atoms with Crippen LogP contribution in [-0.4, -0.2) is 51.2 Å². The van der Waals surface area contributed by atoms with Crippen LogP contribution in [0.5, 0.6) is 11.5 Å². The van der Waals surface area contributed by atoms with Crippen molar-refractivity contribution in [2.45, 2.75) is 20.8 Å². The maximum Gasteiger partial charge on any atom is 0.251 e. The highest BCUT2D eigenvalue weighted by Gasteiger charge is 2.12. The molecule has 1 atom stereocenters. The summed E-state index contributed by atoms with van der Waals surface area (Å²) in [6.45, 7) is 8.62. The fraction of sp³-hybridized carbons (Fsp3) is 0.588. The summed E-state index contributed by atoms with van der Waals surface area (Å²) in [7, 11) is 4.05. The molecule has 0 radical (unpaired) electrons. The summed E-state index contributed by atoms with van der Waals surface area (Å²) in [5, 5.41) is 2.96. The highest BCUT2D eigenvalue weighted by atomic mass is 16.5. The second-order valence-electron chi connectivity index (χ2n) is 5.60. The van der Waals surface area contributed by atoms with Gasteiger partial charge in [-0.05, 0) is 52.1 Å². The first-order valence-corrected chi connectivity index (χ1v) is 7.80. The molecule has 1 aromatic carbocycles. The van der Waals surface area contributed by atoms with Gasteiger partial charge in [0.1, 0.15) is 0 Å². The lowest BCUT2D eigenvalue weighted by Gasteiger charge is -2.17. The smallest absolute Gasteiger partial charge is 0.251 e.